The number of pyridine rings is 2. The van der Waals surface area contributed by atoms with Crippen molar-refractivity contribution in [1.29, 1.82) is 0 Å². The third kappa shape index (κ3) is 11.6. The van der Waals surface area contributed by atoms with Crippen molar-refractivity contribution in [3.63, 3.8) is 0 Å². The molecule has 2 atom stereocenters. The summed E-state index contributed by atoms with van der Waals surface area (Å²) in [5.41, 5.74) is 1.97. The zero-order chi connectivity index (χ0) is 28.2. The third-order valence-corrected chi connectivity index (χ3v) is 4.59. The number of rotatable bonds is 4. The number of carboxylic acids is 2. The number of amides is 2. The van der Waals surface area contributed by atoms with Crippen LogP contribution < -0.4 is 5.32 Å². The molecule has 0 saturated carbocycles. The van der Waals surface area contributed by atoms with E-state index in [0.717, 1.165) is 11.1 Å². The number of halogens is 6. The molecule has 0 spiro atoms. The number of likely N-dealkylation sites (tertiary alicyclic amines) is 1. The highest BCUT2D eigenvalue weighted by Gasteiger charge is 2.39. The molecule has 0 radical (unpaired) electrons. The van der Waals surface area contributed by atoms with Crippen LogP contribution in [-0.2, 0) is 22.6 Å². The molecule has 1 aliphatic heterocycles. The lowest BCUT2D eigenvalue weighted by Gasteiger charge is -2.26. The molecule has 204 valence electrons. The summed E-state index contributed by atoms with van der Waals surface area (Å²) in [7, 11) is 0. The van der Waals surface area contributed by atoms with Gasteiger partial charge in [-0.3, -0.25) is 9.97 Å². The Morgan fingerprint density at radius 2 is 1.38 bits per heavy atom. The van der Waals surface area contributed by atoms with Gasteiger partial charge in [0.15, 0.2) is 0 Å². The number of aromatic nitrogens is 2. The van der Waals surface area contributed by atoms with Crippen LogP contribution >= 0.6 is 0 Å². The van der Waals surface area contributed by atoms with E-state index in [1.54, 1.807) is 29.7 Å². The van der Waals surface area contributed by atoms with Gasteiger partial charge in [0.05, 0.1) is 12.1 Å². The molecule has 2 amide bonds. The quantitative estimate of drug-likeness (QED) is 0.432. The molecule has 0 aromatic carbocycles. The highest BCUT2D eigenvalue weighted by Crippen LogP contribution is 2.22. The Hall–Kier alpha value is -3.95. The number of nitrogens with one attached hydrogen (secondary N) is 1. The van der Waals surface area contributed by atoms with E-state index in [-0.39, 0.29) is 12.1 Å². The fourth-order valence-corrected chi connectivity index (χ4v) is 2.88. The molecular weight excluding hydrogens is 518 g/mol. The summed E-state index contributed by atoms with van der Waals surface area (Å²) in [6.07, 6.45) is -2.54. The van der Waals surface area contributed by atoms with Crippen molar-refractivity contribution in [3.05, 3.63) is 60.2 Å². The van der Waals surface area contributed by atoms with E-state index in [0.29, 0.717) is 25.9 Å². The molecule has 2 aromatic rings. The fourth-order valence-electron chi connectivity index (χ4n) is 2.88. The molecule has 37 heavy (non-hydrogen) atoms. The lowest BCUT2D eigenvalue weighted by atomic mass is 10.0. The van der Waals surface area contributed by atoms with Gasteiger partial charge in [0, 0.05) is 37.9 Å². The number of nitrogens with zero attached hydrogens (tertiary/aromatic N) is 3. The van der Waals surface area contributed by atoms with E-state index in [1.165, 1.54) is 0 Å². The molecule has 3 heterocycles. The number of aliphatic hydroxyl groups excluding tert-OH is 1. The first-order valence-electron chi connectivity index (χ1n) is 10.2. The second-order valence-corrected chi connectivity index (χ2v) is 7.31. The number of carboxylic acid groups (broad SMARTS) is 2. The average molecular weight is 540 g/mol. The minimum absolute atomic E-state index is 0.153. The van der Waals surface area contributed by atoms with Crippen molar-refractivity contribution in [2.75, 3.05) is 6.54 Å². The van der Waals surface area contributed by atoms with Gasteiger partial charge < -0.3 is 25.5 Å². The van der Waals surface area contributed by atoms with Gasteiger partial charge in [0.1, 0.15) is 0 Å². The molecule has 1 saturated heterocycles. The van der Waals surface area contributed by atoms with E-state index in [4.69, 9.17) is 19.8 Å². The third-order valence-electron chi connectivity index (χ3n) is 4.59. The topological polar surface area (TPSA) is 153 Å². The number of carbonyl (C=O) groups is 3. The van der Waals surface area contributed by atoms with Crippen LogP contribution in [0.1, 0.15) is 17.5 Å². The van der Waals surface area contributed by atoms with Crippen molar-refractivity contribution in [2.45, 2.75) is 43.9 Å². The molecule has 0 aliphatic carbocycles. The average Bonchev–Trinajstić information content (AvgIpc) is 3.18. The molecule has 2 aromatic heterocycles. The van der Waals surface area contributed by atoms with Crippen LogP contribution in [0.5, 0.6) is 0 Å². The zero-order valence-electron chi connectivity index (χ0n) is 18.8. The van der Waals surface area contributed by atoms with Crippen molar-refractivity contribution in [1.82, 2.24) is 20.2 Å². The lowest BCUT2D eigenvalue weighted by Crippen LogP contribution is -2.46. The number of aliphatic hydroxyl groups is 1. The van der Waals surface area contributed by atoms with E-state index in [9.17, 15) is 36.2 Å². The summed E-state index contributed by atoms with van der Waals surface area (Å²) in [4.78, 5) is 40.1. The molecule has 10 nitrogen and oxygen atoms in total. The smallest absolute Gasteiger partial charge is 0.475 e. The molecule has 0 unspecified atom stereocenters. The summed E-state index contributed by atoms with van der Waals surface area (Å²) < 4.78 is 63.5. The first kappa shape index (κ1) is 31.1. The van der Waals surface area contributed by atoms with Crippen LogP contribution in [0.4, 0.5) is 31.1 Å². The summed E-state index contributed by atoms with van der Waals surface area (Å²) in [6, 6.07) is 7.21. The van der Waals surface area contributed by atoms with Gasteiger partial charge in [-0.2, -0.15) is 26.3 Å². The van der Waals surface area contributed by atoms with Crippen molar-refractivity contribution in [3.8, 4) is 0 Å². The molecule has 3 rings (SSSR count). The van der Waals surface area contributed by atoms with Gasteiger partial charge in [0.2, 0.25) is 0 Å². The van der Waals surface area contributed by atoms with Gasteiger partial charge in [-0.05, 0) is 36.1 Å². The maximum atomic E-state index is 12.4. The normalized spacial score (nSPS) is 17.0. The van der Waals surface area contributed by atoms with E-state index in [2.05, 4.69) is 15.3 Å². The number of hydrogen-bond acceptors (Lipinski definition) is 6. The molecule has 4 N–H and O–H groups in total. The van der Waals surface area contributed by atoms with Crippen LogP contribution in [-0.4, -0.2) is 79.2 Å². The Morgan fingerprint density at radius 3 is 1.78 bits per heavy atom. The van der Waals surface area contributed by atoms with Crippen LogP contribution in [0.3, 0.4) is 0 Å². The predicted molar refractivity (Wildman–Crippen MR) is 113 cm³/mol. The Bertz CT molecular complexity index is 984. The second-order valence-electron chi connectivity index (χ2n) is 7.31. The van der Waals surface area contributed by atoms with Crippen molar-refractivity contribution >= 4 is 18.0 Å². The van der Waals surface area contributed by atoms with Crippen molar-refractivity contribution < 1.29 is 56.0 Å². The predicted octanol–water partition coefficient (Wildman–Crippen LogP) is 2.63. The van der Waals surface area contributed by atoms with Gasteiger partial charge in [-0.15, -0.1) is 0 Å². The van der Waals surface area contributed by atoms with E-state index < -0.39 is 30.4 Å². The maximum Gasteiger partial charge on any atom is 0.490 e. The summed E-state index contributed by atoms with van der Waals surface area (Å²) in [5.74, 6) is -5.51. The standard InChI is InChI=1S/C17H20N4O2.2C2HF3O2/c22-16-5-8-21(15(16)9-13-3-1-6-18-10-13)17(23)20-12-14-4-2-7-19-11-14;2*3-2(4,5)1(6)7/h1-4,6-7,10-11,15-16,22H,5,8-9,12H2,(H,20,23);2*(H,6,7)/t15-,16-;;/m0../s1. The second kappa shape index (κ2) is 14.0. The number of hydrogen-bond donors (Lipinski definition) is 4. The van der Waals surface area contributed by atoms with Crippen molar-refractivity contribution in [2.24, 2.45) is 0 Å². The largest absolute Gasteiger partial charge is 0.490 e. The van der Waals surface area contributed by atoms with E-state index in [1.807, 2.05) is 24.3 Å². The Balaban J connectivity index is 0.000000404. The highest BCUT2D eigenvalue weighted by atomic mass is 19.4. The summed E-state index contributed by atoms with van der Waals surface area (Å²) >= 11 is 0. The number of aliphatic carboxylic acids is 2. The van der Waals surface area contributed by atoms with Gasteiger partial charge in [0.25, 0.3) is 0 Å². The number of alkyl halides is 6. The van der Waals surface area contributed by atoms with Crippen LogP contribution in [0.2, 0.25) is 0 Å². The first-order valence-corrected chi connectivity index (χ1v) is 10.2. The molecule has 16 heteroatoms. The number of urea groups is 1. The minimum atomic E-state index is -5.08. The zero-order valence-corrected chi connectivity index (χ0v) is 18.8. The van der Waals surface area contributed by atoms with Crippen LogP contribution in [0.15, 0.2) is 49.1 Å². The van der Waals surface area contributed by atoms with Gasteiger partial charge in [-0.25, -0.2) is 14.4 Å². The Morgan fingerprint density at radius 1 is 0.919 bits per heavy atom. The molecule has 1 aliphatic rings. The Kier molecular flexibility index (Phi) is 11.7. The summed E-state index contributed by atoms with van der Waals surface area (Å²) in [5, 5.41) is 27.4. The first-order chi connectivity index (χ1) is 17.1. The monoisotopic (exact) mass is 540 g/mol. The van der Waals surface area contributed by atoms with Crippen LogP contribution in [0.25, 0.3) is 0 Å². The SMILES string of the molecule is O=C(NCc1cccnc1)N1CC[C@H](O)[C@@H]1Cc1cccnc1.O=C(O)C(F)(F)F.O=C(O)C(F)(F)F. The molecule has 0 bridgehead atoms. The van der Waals surface area contributed by atoms with Gasteiger partial charge >= 0.3 is 30.3 Å². The highest BCUT2D eigenvalue weighted by molar-refractivity contribution is 5.75. The molecule has 1 fully saturated rings. The fraction of sp³-hybridized carbons (Fsp3) is 0.381. The lowest BCUT2D eigenvalue weighted by molar-refractivity contribution is -0.193. The molecular formula is C21H22F6N4O6. The minimum Gasteiger partial charge on any atom is -0.475 e. The summed E-state index contributed by atoms with van der Waals surface area (Å²) in [6.45, 7) is 0.990. The van der Waals surface area contributed by atoms with E-state index >= 15 is 0 Å². The van der Waals surface area contributed by atoms with Gasteiger partial charge in [-0.1, -0.05) is 12.1 Å². The van der Waals surface area contributed by atoms with Crippen LogP contribution in [0, 0.1) is 0 Å². The number of carbonyl (C=O) groups excluding carboxylic acids is 1. The maximum absolute atomic E-state index is 12.4. The Labute approximate surface area is 205 Å².